The highest BCUT2D eigenvalue weighted by Gasteiger charge is 2.44. The largest absolute Gasteiger partial charge is 0.465 e. The summed E-state index contributed by atoms with van der Waals surface area (Å²) in [4.78, 5) is 41.7. The first kappa shape index (κ1) is 30.9. The highest BCUT2D eigenvalue weighted by Crippen LogP contribution is 2.38. The van der Waals surface area contributed by atoms with E-state index in [0.29, 0.717) is 57.0 Å². The maximum atomic E-state index is 13.8. The van der Waals surface area contributed by atoms with Gasteiger partial charge in [-0.15, -0.1) is 0 Å². The van der Waals surface area contributed by atoms with Crippen LogP contribution in [0.4, 0.5) is 10.6 Å². The van der Waals surface area contributed by atoms with E-state index in [1.54, 1.807) is 29.3 Å². The molecule has 0 spiro atoms. The molecule has 2 aliphatic heterocycles. The fourth-order valence-corrected chi connectivity index (χ4v) is 7.24. The summed E-state index contributed by atoms with van der Waals surface area (Å²) in [6, 6.07) is 14.6. The molecule has 0 saturated carbocycles. The molecule has 4 aromatic rings. The lowest BCUT2D eigenvalue weighted by atomic mass is 9.79. The highest BCUT2D eigenvalue weighted by molar-refractivity contribution is 6.35. The topological polar surface area (TPSA) is 124 Å². The van der Waals surface area contributed by atoms with Gasteiger partial charge in [-0.1, -0.05) is 50.6 Å². The van der Waals surface area contributed by atoms with Crippen LogP contribution in [0, 0.1) is 11.3 Å². The Labute approximate surface area is 267 Å². The van der Waals surface area contributed by atoms with Gasteiger partial charge in [0.25, 0.3) is 0 Å². The van der Waals surface area contributed by atoms with Crippen molar-refractivity contribution in [2.45, 2.75) is 52.1 Å². The Hall–Kier alpha value is -4.15. The molecule has 2 aliphatic rings. The Bertz CT molecular complexity index is 1680. The van der Waals surface area contributed by atoms with Gasteiger partial charge in [0.2, 0.25) is 0 Å². The van der Waals surface area contributed by atoms with Crippen molar-refractivity contribution in [1.82, 2.24) is 24.8 Å². The maximum absolute atomic E-state index is 13.8. The number of nitrogens with one attached hydrogen (secondary N) is 2. The number of likely N-dealkylation sites (tertiary alicyclic amines) is 2. The zero-order valence-electron chi connectivity index (χ0n) is 25.8. The molecule has 2 aromatic carbocycles. The predicted octanol–water partition coefficient (Wildman–Crippen LogP) is 6.93. The number of piperidine rings is 1. The molecular weight excluding hydrogens is 592 g/mol. The van der Waals surface area contributed by atoms with E-state index < -0.39 is 6.09 Å². The molecule has 45 heavy (non-hydrogen) atoms. The number of carbonyl (C=O) groups excluding carboxylic acids is 1. The minimum Gasteiger partial charge on any atom is -0.465 e. The number of amides is 1. The number of rotatable bonds is 8. The monoisotopic (exact) mass is 630 g/mol. The summed E-state index contributed by atoms with van der Waals surface area (Å²) in [6.07, 6.45) is 5.03. The Kier molecular flexibility index (Phi) is 8.70. The second kappa shape index (κ2) is 12.7. The fourth-order valence-electron chi connectivity index (χ4n) is 6.99. The van der Waals surface area contributed by atoms with E-state index >= 15 is 0 Å². The Morgan fingerprint density at radius 1 is 1.02 bits per heavy atom. The van der Waals surface area contributed by atoms with Crippen molar-refractivity contribution < 1.29 is 19.4 Å². The Balaban J connectivity index is 1.13. The second-order valence-electron chi connectivity index (χ2n) is 13.1. The lowest BCUT2D eigenvalue weighted by Gasteiger charge is -2.40. The van der Waals surface area contributed by atoms with Crippen LogP contribution in [0.3, 0.4) is 0 Å². The number of aromatic nitrogens is 3. The first-order valence-electron chi connectivity index (χ1n) is 15.5. The van der Waals surface area contributed by atoms with Crippen LogP contribution in [-0.2, 0) is 0 Å². The van der Waals surface area contributed by atoms with Crippen molar-refractivity contribution in [1.29, 1.82) is 0 Å². The van der Waals surface area contributed by atoms with Crippen molar-refractivity contribution in [3.63, 3.8) is 0 Å². The van der Waals surface area contributed by atoms with Crippen molar-refractivity contribution in [2.75, 3.05) is 31.5 Å². The van der Waals surface area contributed by atoms with Crippen LogP contribution in [0.25, 0.3) is 11.0 Å². The van der Waals surface area contributed by atoms with Crippen LogP contribution < -0.4 is 10.1 Å². The van der Waals surface area contributed by atoms with Gasteiger partial charge in [0.1, 0.15) is 29.3 Å². The molecule has 236 valence electrons. The minimum atomic E-state index is -0.824. The molecule has 6 rings (SSSR count). The standard InChI is InChI=1S/C34H39ClN6O4/c1-34(2,3)30-21(11-16-41(30)33(43)44)19-40-14-12-22(13-15-40)39-32-28-26(18-36-31(28)37-20-38-32)29(42)25-10-9-24(17-27(25)35)45-23-7-5-4-6-8-23/h4-10,17-18,20-22,30H,11-16,19H2,1-3H3,(H,43,44)(H2,36,37,38,39). The average Bonchev–Trinajstić information content (AvgIpc) is 3.64. The van der Waals surface area contributed by atoms with Gasteiger partial charge in [0.15, 0.2) is 5.78 Å². The Morgan fingerprint density at radius 3 is 2.47 bits per heavy atom. The van der Waals surface area contributed by atoms with E-state index in [4.69, 9.17) is 16.3 Å². The summed E-state index contributed by atoms with van der Waals surface area (Å²) in [5.74, 6) is 1.92. The molecule has 2 saturated heterocycles. The molecule has 10 nitrogen and oxygen atoms in total. The molecule has 2 fully saturated rings. The molecule has 2 atom stereocenters. The number of anilines is 1. The first-order valence-corrected chi connectivity index (χ1v) is 15.8. The third-order valence-electron chi connectivity index (χ3n) is 8.96. The molecule has 4 heterocycles. The van der Waals surface area contributed by atoms with Gasteiger partial charge in [-0.25, -0.2) is 14.8 Å². The number of ketones is 1. The number of carboxylic acid groups (broad SMARTS) is 1. The summed E-state index contributed by atoms with van der Waals surface area (Å²) >= 11 is 6.59. The lowest BCUT2D eigenvalue weighted by Crippen LogP contribution is -2.49. The van der Waals surface area contributed by atoms with Crippen molar-refractivity contribution >= 4 is 40.3 Å². The van der Waals surface area contributed by atoms with E-state index in [9.17, 15) is 14.7 Å². The average molecular weight is 631 g/mol. The molecule has 2 unspecified atom stereocenters. The summed E-state index contributed by atoms with van der Waals surface area (Å²) in [7, 11) is 0. The number of para-hydroxylation sites is 1. The number of halogens is 1. The third-order valence-corrected chi connectivity index (χ3v) is 9.27. The van der Waals surface area contributed by atoms with Gasteiger partial charge in [0, 0.05) is 56.1 Å². The molecule has 2 aromatic heterocycles. The molecule has 11 heteroatoms. The fraction of sp³-hybridized carbons (Fsp3) is 0.412. The van der Waals surface area contributed by atoms with Crippen LogP contribution >= 0.6 is 11.6 Å². The molecule has 0 aliphatic carbocycles. The van der Waals surface area contributed by atoms with E-state index in [2.05, 4.69) is 45.9 Å². The number of carbonyl (C=O) groups is 2. The molecule has 0 bridgehead atoms. The van der Waals surface area contributed by atoms with Crippen molar-refractivity contribution in [2.24, 2.45) is 11.3 Å². The van der Waals surface area contributed by atoms with E-state index in [-0.39, 0.29) is 23.3 Å². The molecule has 1 amide bonds. The van der Waals surface area contributed by atoms with Crippen LogP contribution in [0.5, 0.6) is 11.5 Å². The number of benzene rings is 2. The zero-order valence-corrected chi connectivity index (χ0v) is 26.6. The molecule has 0 radical (unpaired) electrons. The van der Waals surface area contributed by atoms with Gasteiger partial charge in [-0.05, 0) is 54.9 Å². The van der Waals surface area contributed by atoms with Crippen LogP contribution in [0.2, 0.25) is 5.02 Å². The summed E-state index contributed by atoms with van der Waals surface area (Å²) < 4.78 is 5.88. The quantitative estimate of drug-likeness (QED) is 0.179. The number of hydrogen-bond donors (Lipinski definition) is 3. The van der Waals surface area contributed by atoms with Gasteiger partial charge in [-0.3, -0.25) is 4.79 Å². The summed E-state index contributed by atoms with van der Waals surface area (Å²) in [5, 5.41) is 14.3. The molecule has 3 N–H and O–H groups in total. The van der Waals surface area contributed by atoms with E-state index in [0.717, 1.165) is 38.9 Å². The SMILES string of the molecule is CC(C)(C)C1C(CN2CCC(Nc3ncnc4[nH]cc(C(=O)c5ccc(Oc6ccccc6)cc5Cl)c34)CC2)CCN1C(=O)O. The smallest absolute Gasteiger partial charge is 0.407 e. The number of aromatic amines is 1. The number of H-pyrrole nitrogens is 1. The van der Waals surface area contributed by atoms with Crippen LogP contribution in [-0.4, -0.2) is 80.0 Å². The number of fused-ring (bicyclic) bond motifs is 1. The summed E-state index contributed by atoms with van der Waals surface area (Å²) in [5.41, 5.74) is 1.27. The zero-order chi connectivity index (χ0) is 31.7. The maximum Gasteiger partial charge on any atom is 0.407 e. The first-order chi connectivity index (χ1) is 21.6. The Morgan fingerprint density at radius 2 is 1.78 bits per heavy atom. The van der Waals surface area contributed by atoms with E-state index in [1.165, 1.54) is 6.33 Å². The van der Waals surface area contributed by atoms with Gasteiger partial charge in [-0.2, -0.15) is 0 Å². The van der Waals surface area contributed by atoms with Gasteiger partial charge < -0.3 is 29.9 Å². The van der Waals surface area contributed by atoms with Crippen LogP contribution in [0.15, 0.2) is 61.1 Å². The second-order valence-corrected chi connectivity index (χ2v) is 13.5. The van der Waals surface area contributed by atoms with Crippen molar-refractivity contribution in [3.8, 4) is 11.5 Å². The predicted molar refractivity (Wildman–Crippen MR) is 174 cm³/mol. The van der Waals surface area contributed by atoms with Gasteiger partial charge in [0.05, 0.1) is 16.0 Å². The number of nitrogens with zero attached hydrogens (tertiary/aromatic N) is 4. The van der Waals surface area contributed by atoms with E-state index in [1.807, 2.05) is 30.3 Å². The molecular formula is C34H39ClN6O4. The highest BCUT2D eigenvalue weighted by atomic mass is 35.5. The van der Waals surface area contributed by atoms with Crippen molar-refractivity contribution in [3.05, 3.63) is 77.2 Å². The minimum absolute atomic E-state index is 0.00537. The summed E-state index contributed by atoms with van der Waals surface area (Å²) in [6.45, 7) is 9.69. The number of hydrogen-bond acceptors (Lipinski definition) is 7. The third kappa shape index (κ3) is 6.62. The lowest BCUT2D eigenvalue weighted by molar-refractivity contribution is 0.0770. The number of ether oxygens (including phenoxy) is 1. The van der Waals surface area contributed by atoms with Gasteiger partial charge >= 0.3 is 6.09 Å². The normalized spacial score (nSPS) is 19.6. The van der Waals surface area contributed by atoms with Crippen LogP contribution in [0.1, 0.15) is 56.0 Å².